The van der Waals surface area contributed by atoms with Crippen LogP contribution in [0.4, 0.5) is 4.39 Å². The molecule has 2 aromatic carbocycles. The molecule has 1 amide bonds. The molecule has 1 aliphatic heterocycles. The number of hydrogen-bond donors (Lipinski definition) is 1. The van der Waals surface area contributed by atoms with Crippen LogP contribution in [0.3, 0.4) is 0 Å². The van der Waals surface area contributed by atoms with E-state index in [0.717, 1.165) is 31.2 Å². The van der Waals surface area contributed by atoms with Gasteiger partial charge >= 0.3 is 0 Å². The van der Waals surface area contributed by atoms with Crippen molar-refractivity contribution >= 4 is 11.7 Å². The van der Waals surface area contributed by atoms with Gasteiger partial charge in [-0.1, -0.05) is 55.3 Å². The summed E-state index contributed by atoms with van der Waals surface area (Å²) in [6.45, 7) is 0. The highest BCUT2D eigenvalue weighted by molar-refractivity contribution is 6.09. The number of aliphatic hydroxyl groups is 1. The number of carbonyl (C=O) groups is 2. The van der Waals surface area contributed by atoms with Crippen LogP contribution >= 0.6 is 0 Å². The molecular weight excluding hydrogens is 369 g/mol. The molecule has 0 aromatic heterocycles. The van der Waals surface area contributed by atoms with Crippen molar-refractivity contribution in [1.29, 1.82) is 0 Å². The smallest absolute Gasteiger partial charge is 0.290 e. The highest BCUT2D eigenvalue weighted by atomic mass is 19.1. The molecule has 5 heteroatoms. The monoisotopic (exact) mass is 393 g/mol. The first kappa shape index (κ1) is 19.4. The molecule has 0 bridgehead atoms. The Morgan fingerprint density at radius 2 is 1.69 bits per heavy atom. The Hall–Kier alpha value is -2.95. The largest absolute Gasteiger partial charge is 0.503 e. The summed E-state index contributed by atoms with van der Waals surface area (Å²) < 4.78 is 13.5. The molecule has 1 saturated carbocycles. The summed E-state index contributed by atoms with van der Waals surface area (Å²) in [4.78, 5) is 27.7. The Morgan fingerprint density at radius 3 is 2.34 bits per heavy atom. The maximum absolute atomic E-state index is 13.5. The van der Waals surface area contributed by atoms with Crippen LogP contribution in [-0.2, 0) is 16.0 Å². The summed E-state index contributed by atoms with van der Waals surface area (Å²) in [6, 6.07) is 14.8. The van der Waals surface area contributed by atoms with Crippen molar-refractivity contribution in [3.05, 3.63) is 82.9 Å². The summed E-state index contributed by atoms with van der Waals surface area (Å²) in [5.74, 6) is -1.57. The fourth-order valence-electron chi connectivity index (χ4n) is 4.48. The number of Topliss-reactive ketones (excluding diaryl/α,β-unsaturated/α-hetero) is 1. The van der Waals surface area contributed by atoms with E-state index < -0.39 is 17.7 Å². The van der Waals surface area contributed by atoms with E-state index in [9.17, 15) is 19.1 Å². The van der Waals surface area contributed by atoms with Crippen LogP contribution in [0.25, 0.3) is 0 Å². The number of hydrogen-bond acceptors (Lipinski definition) is 3. The average Bonchev–Trinajstić information content (AvgIpc) is 3.35. The lowest BCUT2D eigenvalue weighted by Crippen LogP contribution is -2.38. The number of halogens is 1. The van der Waals surface area contributed by atoms with Gasteiger partial charge < -0.3 is 10.0 Å². The number of nitrogens with zero attached hydrogens (tertiary/aromatic N) is 1. The number of carbonyl (C=O) groups excluding carboxylic acids is 2. The minimum atomic E-state index is -0.658. The number of rotatable bonds is 6. The fraction of sp³-hybridized carbons (Fsp3) is 0.333. The van der Waals surface area contributed by atoms with Gasteiger partial charge in [0.25, 0.3) is 5.91 Å². The second-order valence-electron chi connectivity index (χ2n) is 7.78. The summed E-state index contributed by atoms with van der Waals surface area (Å²) in [7, 11) is 0. The SMILES string of the molecule is O=C(CCc1ccccc1)C1=C(O)C(=O)N(C2CCCC2)C1c1ccc(F)cc1. The van der Waals surface area contributed by atoms with Gasteiger partial charge in [-0.3, -0.25) is 9.59 Å². The lowest BCUT2D eigenvalue weighted by molar-refractivity contribution is -0.131. The van der Waals surface area contributed by atoms with E-state index in [1.807, 2.05) is 30.3 Å². The van der Waals surface area contributed by atoms with E-state index in [0.29, 0.717) is 12.0 Å². The van der Waals surface area contributed by atoms with Crippen molar-refractivity contribution in [2.45, 2.75) is 50.6 Å². The molecule has 2 aliphatic rings. The minimum Gasteiger partial charge on any atom is -0.503 e. The van der Waals surface area contributed by atoms with Gasteiger partial charge in [-0.15, -0.1) is 0 Å². The molecular formula is C24H24FNO3. The summed E-state index contributed by atoms with van der Waals surface area (Å²) in [5.41, 5.74) is 1.82. The van der Waals surface area contributed by atoms with Crippen molar-refractivity contribution in [3.63, 3.8) is 0 Å². The zero-order valence-corrected chi connectivity index (χ0v) is 16.2. The number of ketones is 1. The minimum absolute atomic E-state index is 0.0147. The molecule has 2 aromatic rings. The van der Waals surface area contributed by atoms with Crippen LogP contribution in [0.15, 0.2) is 65.9 Å². The van der Waals surface area contributed by atoms with Gasteiger partial charge in [0.05, 0.1) is 11.6 Å². The quantitative estimate of drug-likeness (QED) is 0.776. The molecule has 0 saturated heterocycles. The van der Waals surface area contributed by atoms with E-state index in [4.69, 9.17) is 0 Å². The van der Waals surface area contributed by atoms with E-state index in [2.05, 4.69) is 0 Å². The number of benzene rings is 2. The normalized spacial score (nSPS) is 20.0. The Bertz CT molecular complexity index is 930. The molecule has 150 valence electrons. The second-order valence-corrected chi connectivity index (χ2v) is 7.78. The summed E-state index contributed by atoms with van der Waals surface area (Å²) in [5, 5.41) is 10.6. The highest BCUT2D eigenvalue weighted by Crippen LogP contribution is 2.42. The van der Waals surface area contributed by atoms with Crippen molar-refractivity contribution in [2.24, 2.45) is 0 Å². The first-order valence-electron chi connectivity index (χ1n) is 10.1. The molecule has 0 radical (unpaired) electrons. The van der Waals surface area contributed by atoms with E-state index >= 15 is 0 Å². The van der Waals surface area contributed by atoms with Gasteiger partial charge in [0.15, 0.2) is 11.5 Å². The topological polar surface area (TPSA) is 57.6 Å². The van der Waals surface area contributed by atoms with Crippen molar-refractivity contribution in [1.82, 2.24) is 4.90 Å². The summed E-state index contributed by atoms with van der Waals surface area (Å²) >= 11 is 0. The third-order valence-electron chi connectivity index (χ3n) is 5.93. The first-order valence-corrected chi connectivity index (χ1v) is 10.1. The average molecular weight is 393 g/mol. The Kier molecular flexibility index (Phi) is 5.47. The fourth-order valence-corrected chi connectivity index (χ4v) is 4.48. The molecule has 1 fully saturated rings. The first-order chi connectivity index (χ1) is 14.1. The molecule has 1 unspecified atom stereocenters. The zero-order valence-electron chi connectivity index (χ0n) is 16.2. The Balaban J connectivity index is 1.65. The maximum atomic E-state index is 13.5. The number of aryl methyl sites for hydroxylation is 1. The van der Waals surface area contributed by atoms with Crippen molar-refractivity contribution in [2.75, 3.05) is 0 Å². The third-order valence-corrected chi connectivity index (χ3v) is 5.93. The van der Waals surface area contributed by atoms with Crippen LogP contribution in [0.2, 0.25) is 0 Å². The maximum Gasteiger partial charge on any atom is 0.290 e. The standard InChI is InChI=1S/C24H24FNO3/c25-18-13-11-17(12-14-18)22-21(20(27)15-10-16-6-2-1-3-7-16)23(28)24(29)26(22)19-8-4-5-9-19/h1-3,6-7,11-14,19,22,28H,4-5,8-10,15H2. The van der Waals surface area contributed by atoms with Crippen LogP contribution in [0.1, 0.15) is 49.3 Å². The van der Waals surface area contributed by atoms with Gasteiger partial charge in [-0.05, 0) is 42.5 Å². The predicted molar refractivity (Wildman–Crippen MR) is 108 cm³/mol. The molecule has 1 atom stereocenters. The molecule has 29 heavy (non-hydrogen) atoms. The van der Waals surface area contributed by atoms with Crippen LogP contribution < -0.4 is 0 Å². The second kappa shape index (κ2) is 8.19. The molecule has 4 nitrogen and oxygen atoms in total. The third kappa shape index (κ3) is 3.82. The Morgan fingerprint density at radius 1 is 1.03 bits per heavy atom. The van der Waals surface area contributed by atoms with Gasteiger partial charge in [-0.25, -0.2) is 4.39 Å². The zero-order chi connectivity index (χ0) is 20.4. The lowest BCUT2D eigenvalue weighted by atomic mass is 9.92. The van der Waals surface area contributed by atoms with Crippen LogP contribution in [0.5, 0.6) is 0 Å². The van der Waals surface area contributed by atoms with E-state index in [1.54, 1.807) is 17.0 Å². The van der Waals surface area contributed by atoms with Crippen molar-refractivity contribution in [3.8, 4) is 0 Å². The Labute approximate surface area is 169 Å². The number of aliphatic hydroxyl groups excluding tert-OH is 1. The molecule has 0 spiro atoms. The lowest BCUT2D eigenvalue weighted by Gasteiger charge is -2.32. The predicted octanol–water partition coefficient (Wildman–Crippen LogP) is 4.67. The summed E-state index contributed by atoms with van der Waals surface area (Å²) in [6.07, 6.45) is 4.47. The molecule has 1 N–H and O–H groups in total. The van der Waals surface area contributed by atoms with Gasteiger partial charge in [0.1, 0.15) is 5.82 Å². The van der Waals surface area contributed by atoms with Gasteiger partial charge in [0.2, 0.25) is 0 Å². The molecule has 1 aliphatic carbocycles. The van der Waals surface area contributed by atoms with E-state index in [1.165, 1.54) is 12.1 Å². The van der Waals surface area contributed by atoms with Gasteiger partial charge in [0, 0.05) is 12.5 Å². The van der Waals surface area contributed by atoms with Crippen molar-refractivity contribution < 1.29 is 19.1 Å². The molecule has 1 heterocycles. The van der Waals surface area contributed by atoms with E-state index in [-0.39, 0.29) is 29.6 Å². The van der Waals surface area contributed by atoms with Crippen LogP contribution in [-0.4, -0.2) is 27.7 Å². The molecule has 4 rings (SSSR count). The van der Waals surface area contributed by atoms with Crippen LogP contribution in [0, 0.1) is 5.82 Å². The highest BCUT2D eigenvalue weighted by Gasteiger charge is 2.46. The van der Waals surface area contributed by atoms with Gasteiger partial charge in [-0.2, -0.15) is 0 Å². The number of amides is 1.